The van der Waals surface area contributed by atoms with Crippen molar-refractivity contribution in [3.63, 3.8) is 0 Å². The lowest BCUT2D eigenvalue weighted by molar-refractivity contribution is -0.148. The van der Waals surface area contributed by atoms with E-state index in [0.717, 1.165) is 35.6 Å². The van der Waals surface area contributed by atoms with Gasteiger partial charge in [0.15, 0.2) is 0 Å². The zero-order chi connectivity index (χ0) is 19.6. The number of amides is 1. The first kappa shape index (κ1) is 20.9. The molecular weight excluding hydrogens is 338 g/mol. The van der Waals surface area contributed by atoms with Crippen molar-refractivity contribution >= 4 is 22.6 Å². The molecule has 0 aliphatic rings. The van der Waals surface area contributed by atoms with Crippen LogP contribution in [0.3, 0.4) is 0 Å². The van der Waals surface area contributed by atoms with Gasteiger partial charge in [0.1, 0.15) is 6.04 Å². The van der Waals surface area contributed by atoms with Crippen LogP contribution in [0.15, 0.2) is 42.5 Å². The van der Waals surface area contributed by atoms with Gasteiger partial charge in [0.2, 0.25) is 5.91 Å². The highest BCUT2D eigenvalue weighted by Gasteiger charge is 2.23. The molecule has 4 nitrogen and oxygen atoms in total. The maximum absolute atomic E-state index is 12.5. The highest BCUT2D eigenvalue weighted by atomic mass is 16.5. The molecule has 2 aromatic carbocycles. The molecule has 0 saturated carbocycles. The van der Waals surface area contributed by atoms with E-state index in [1.165, 1.54) is 0 Å². The van der Waals surface area contributed by atoms with Crippen molar-refractivity contribution in [1.29, 1.82) is 0 Å². The van der Waals surface area contributed by atoms with Gasteiger partial charge in [-0.05, 0) is 35.1 Å². The smallest absolute Gasteiger partial charge is 0.328 e. The van der Waals surface area contributed by atoms with Gasteiger partial charge in [-0.25, -0.2) is 4.79 Å². The third-order valence-electron chi connectivity index (χ3n) is 4.56. The molecular formula is C23H31NO3. The molecule has 2 rings (SSSR count). The van der Waals surface area contributed by atoms with Crippen molar-refractivity contribution in [2.75, 3.05) is 6.61 Å². The van der Waals surface area contributed by atoms with E-state index < -0.39 is 6.04 Å². The predicted molar refractivity (Wildman–Crippen MR) is 110 cm³/mol. The van der Waals surface area contributed by atoms with Crippen molar-refractivity contribution in [3.05, 3.63) is 48.0 Å². The summed E-state index contributed by atoms with van der Waals surface area (Å²) in [5, 5.41) is 5.16. The molecule has 146 valence electrons. The maximum Gasteiger partial charge on any atom is 0.328 e. The summed E-state index contributed by atoms with van der Waals surface area (Å²) in [6.45, 7) is 6.61. The number of ether oxygens (including phenoxy) is 1. The van der Waals surface area contributed by atoms with E-state index in [-0.39, 0.29) is 11.9 Å². The average Bonchev–Trinajstić information content (AvgIpc) is 2.66. The molecule has 1 atom stereocenters. The molecule has 4 heteroatoms. The fourth-order valence-electron chi connectivity index (χ4n) is 2.90. The molecule has 27 heavy (non-hydrogen) atoms. The summed E-state index contributed by atoms with van der Waals surface area (Å²) >= 11 is 0. The number of unbranched alkanes of at least 4 members (excludes halogenated alkanes) is 1. The number of fused-ring (bicyclic) bond motifs is 1. The molecule has 0 spiro atoms. The summed E-state index contributed by atoms with van der Waals surface area (Å²) in [7, 11) is 0. The zero-order valence-electron chi connectivity index (χ0n) is 16.7. The van der Waals surface area contributed by atoms with E-state index in [4.69, 9.17) is 4.74 Å². The minimum absolute atomic E-state index is 0.0954. The topological polar surface area (TPSA) is 55.4 Å². The zero-order valence-corrected chi connectivity index (χ0v) is 16.7. The molecule has 0 bridgehead atoms. The lowest BCUT2D eigenvalue weighted by atomic mass is 10.0. The predicted octanol–water partition coefficient (Wildman–Crippen LogP) is 4.65. The molecule has 0 aliphatic carbocycles. The number of hydrogen-bond acceptors (Lipinski definition) is 3. The molecule has 1 amide bonds. The number of hydrogen-bond donors (Lipinski definition) is 1. The molecule has 0 radical (unpaired) electrons. The van der Waals surface area contributed by atoms with Crippen LogP contribution in [0.2, 0.25) is 0 Å². The first-order chi connectivity index (χ1) is 13.0. The highest BCUT2D eigenvalue weighted by molar-refractivity contribution is 5.86. The second kappa shape index (κ2) is 10.7. The van der Waals surface area contributed by atoms with Crippen LogP contribution in [-0.2, 0) is 20.7 Å². The molecule has 1 N–H and O–H groups in total. The van der Waals surface area contributed by atoms with Gasteiger partial charge in [0.25, 0.3) is 0 Å². The van der Waals surface area contributed by atoms with Gasteiger partial charge in [-0.2, -0.15) is 0 Å². The Morgan fingerprint density at radius 3 is 2.52 bits per heavy atom. The largest absolute Gasteiger partial charge is 0.464 e. The minimum Gasteiger partial charge on any atom is -0.464 e. The summed E-state index contributed by atoms with van der Waals surface area (Å²) < 4.78 is 5.38. The number of carbonyl (C=O) groups is 2. The summed E-state index contributed by atoms with van der Waals surface area (Å²) in [4.78, 5) is 24.8. The number of rotatable bonds is 10. The lowest BCUT2D eigenvalue weighted by Crippen LogP contribution is -2.43. The molecule has 0 aliphatic heterocycles. The third kappa shape index (κ3) is 7.05. The Balaban J connectivity index is 2.09. The van der Waals surface area contributed by atoms with Gasteiger partial charge < -0.3 is 10.1 Å². The van der Waals surface area contributed by atoms with Crippen molar-refractivity contribution in [2.24, 2.45) is 5.92 Å². The Morgan fingerprint density at radius 2 is 1.81 bits per heavy atom. The van der Waals surface area contributed by atoms with Crippen LogP contribution in [0.1, 0.15) is 52.0 Å². The van der Waals surface area contributed by atoms with Crippen LogP contribution in [0.4, 0.5) is 0 Å². The normalized spacial score (nSPS) is 12.1. The number of nitrogens with one attached hydrogen (secondary N) is 1. The fraction of sp³-hybridized carbons (Fsp3) is 0.478. The summed E-state index contributed by atoms with van der Waals surface area (Å²) in [6, 6.07) is 13.6. The van der Waals surface area contributed by atoms with E-state index >= 15 is 0 Å². The Kier molecular flexibility index (Phi) is 8.31. The molecule has 0 fully saturated rings. The van der Waals surface area contributed by atoms with Gasteiger partial charge in [-0.3, -0.25) is 4.79 Å². The van der Waals surface area contributed by atoms with Crippen LogP contribution < -0.4 is 5.32 Å². The van der Waals surface area contributed by atoms with E-state index in [1.807, 2.05) is 31.2 Å². The van der Waals surface area contributed by atoms with E-state index in [2.05, 4.69) is 37.4 Å². The molecule has 0 heterocycles. The second-order valence-corrected chi connectivity index (χ2v) is 7.46. The maximum atomic E-state index is 12.5. The van der Waals surface area contributed by atoms with Crippen LogP contribution >= 0.6 is 0 Å². The van der Waals surface area contributed by atoms with E-state index in [1.54, 1.807) is 0 Å². The van der Waals surface area contributed by atoms with Gasteiger partial charge in [-0.15, -0.1) is 0 Å². The van der Waals surface area contributed by atoms with Gasteiger partial charge in [-0.1, -0.05) is 69.7 Å². The lowest BCUT2D eigenvalue weighted by Gasteiger charge is -2.18. The molecule has 0 saturated heterocycles. The Bertz CT molecular complexity index is 754. The minimum atomic E-state index is -0.650. The summed E-state index contributed by atoms with van der Waals surface area (Å²) in [5.74, 6) is 0.00243. The van der Waals surface area contributed by atoms with Gasteiger partial charge in [0.05, 0.1) is 6.61 Å². The Morgan fingerprint density at radius 1 is 1.07 bits per heavy atom. The van der Waals surface area contributed by atoms with Crippen LogP contribution in [-0.4, -0.2) is 24.5 Å². The van der Waals surface area contributed by atoms with Crippen LogP contribution in [0.5, 0.6) is 0 Å². The van der Waals surface area contributed by atoms with Crippen LogP contribution in [0, 0.1) is 5.92 Å². The summed E-state index contributed by atoms with van der Waals surface area (Å²) in [5.41, 5.74) is 1.01. The molecule has 2 aromatic rings. The van der Waals surface area contributed by atoms with Crippen molar-refractivity contribution < 1.29 is 14.3 Å². The fourth-order valence-corrected chi connectivity index (χ4v) is 2.90. The Hall–Kier alpha value is -2.36. The van der Waals surface area contributed by atoms with Crippen molar-refractivity contribution in [2.45, 2.75) is 58.9 Å². The first-order valence-electron chi connectivity index (χ1n) is 9.93. The number of benzene rings is 2. The standard InChI is InChI=1S/C23H31NO3/c1-4-5-14-27-23(26)21(24-22(25)13-10-17(2)3)16-18-11-12-19-8-6-7-9-20(19)15-18/h6-9,11-12,15,17,21H,4-5,10,13-14,16H2,1-3H3,(H,24,25). The Labute approximate surface area is 162 Å². The second-order valence-electron chi connectivity index (χ2n) is 7.46. The average molecular weight is 370 g/mol. The molecule has 0 aromatic heterocycles. The quantitative estimate of drug-likeness (QED) is 0.490. The monoisotopic (exact) mass is 369 g/mol. The number of carbonyl (C=O) groups excluding carboxylic acids is 2. The SMILES string of the molecule is CCCCOC(=O)C(Cc1ccc2ccccc2c1)NC(=O)CCC(C)C. The van der Waals surface area contributed by atoms with Gasteiger partial charge in [0, 0.05) is 12.8 Å². The highest BCUT2D eigenvalue weighted by Crippen LogP contribution is 2.17. The summed E-state index contributed by atoms with van der Waals surface area (Å²) in [6.07, 6.45) is 3.45. The first-order valence-corrected chi connectivity index (χ1v) is 9.93. The van der Waals surface area contributed by atoms with Gasteiger partial charge >= 0.3 is 5.97 Å². The van der Waals surface area contributed by atoms with Crippen molar-refractivity contribution in [3.8, 4) is 0 Å². The van der Waals surface area contributed by atoms with Crippen molar-refractivity contribution in [1.82, 2.24) is 5.32 Å². The third-order valence-corrected chi connectivity index (χ3v) is 4.56. The van der Waals surface area contributed by atoms with E-state index in [9.17, 15) is 9.59 Å². The van der Waals surface area contributed by atoms with E-state index in [0.29, 0.717) is 25.4 Å². The number of esters is 1. The molecule has 1 unspecified atom stereocenters. The van der Waals surface area contributed by atoms with Crippen LogP contribution in [0.25, 0.3) is 10.8 Å².